The SMILES string of the molecule is CCOC(=O)CSc1nc2nc3c(cn2n1)C(=O)C[C@H](c1ccc(Cl)cc1)C3. The number of hydrogen-bond acceptors (Lipinski definition) is 7. The summed E-state index contributed by atoms with van der Waals surface area (Å²) in [5.41, 5.74) is 2.36. The molecule has 3 aromatic rings. The molecule has 0 aliphatic heterocycles. The lowest BCUT2D eigenvalue weighted by atomic mass is 9.82. The summed E-state index contributed by atoms with van der Waals surface area (Å²) in [5, 5.41) is 5.40. The third-order valence-electron chi connectivity index (χ3n) is 4.53. The molecule has 0 radical (unpaired) electrons. The van der Waals surface area contributed by atoms with Crippen LogP contribution in [0.25, 0.3) is 5.78 Å². The molecule has 1 atom stereocenters. The fraction of sp³-hybridized carbons (Fsp3) is 0.316. The molecule has 0 fully saturated rings. The summed E-state index contributed by atoms with van der Waals surface area (Å²) in [6.07, 6.45) is 2.75. The van der Waals surface area contributed by atoms with E-state index >= 15 is 0 Å². The molecule has 0 amide bonds. The van der Waals surface area contributed by atoms with Crippen LogP contribution in [0.4, 0.5) is 0 Å². The normalized spacial score (nSPS) is 16.2. The largest absolute Gasteiger partial charge is 0.465 e. The summed E-state index contributed by atoms with van der Waals surface area (Å²) >= 11 is 7.14. The van der Waals surface area contributed by atoms with Crippen molar-refractivity contribution in [2.45, 2.75) is 30.8 Å². The lowest BCUT2D eigenvalue weighted by Crippen LogP contribution is -2.21. The Morgan fingerprint density at radius 3 is 2.82 bits per heavy atom. The number of hydrogen-bond donors (Lipinski definition) is 0. The van der Waals surface area contributed by atoms with Crippen LogP contribution in [0.1, 0.15) is 40.9 Å². The number of fused-ring (bicyclic) bond motifs is 2. The molecule has 0 saturated carbocycles. The molecule has 7 nitrogen and oxygen atoms in total. The van der Waals surface area contributed by atoms with Crippen molar-refractivity contribution in [3.8, 4) is 0 Å². The van der Waals surface area contributed by atoms with E-state index in [1.807, 2.05) is 24.3 Å². The summed E-state index contributed by atoms with van der Waals surface area (Å²) in [4.78, 5) is 33.1. The fourth-order valence-corrected chi connectivity index (χ4v) is 3.97. The van der Waals surface area contributed by atoms with Crippen molar-refractivity contribution < 1.29 is 14.3 Å². The molecular weight excluding hydrogens is 400 g/mol. The summed E-state index contributed by atoms with van der Waals surface area (Å²) in [6.45, 7) is 2.09. The first-order chi connectivity index (χ1) is 13.5. The number of halogens is 1. The zero-order valence-corrected chi connectivity index (χ0v) is 16.7. The first-order valence-corrected chi connectivity index (χ1v) is 10.2. The number of aromatic nitrogens is 4. The summed E-state index contributed by atoms with van der Waals surface area (Å²) in [6, 6.07) is 7.56. The molecule has 28 heavy (non-hydrogen) atoms. The van der Waals surface area contributed by atoms with Crippen LogP contribution in [0.3, 0.4) is 0 Å². The molecule has 0 bridgehead atoms. The van der Waals surface area contributed by atoms with E-state index in [9.17, 15) is 9.59 Å². The van der Waals surface area contributed by atoms with E-state index in [-0.39, 0.29) is 23.4 Å². The van der Waals surface area contributed by atoms with Gasteiger partial charge >= 0.3 is 5.97 Å². The smallest absolute Gasteiger partial charge is 0.316 e. The predicted octanol–water partition coefficient (Wildman–Crippen LogP) is 3.35. The van der Waals surface area contributed by atoms with Crippen LogP contribution in [0.5, 0.6) is 0 Å². The minimum absolute atomic E-state index is 0.0341. The quantitative estimate of drug-likeness (QED) is 0.465. The maximum absolute atomic E-state index is 12.7. The number of rotatable bonds is 5. The van der Waals surface area contributed by atoms with Crippen LogP contribution >= 0.6 is 23.4 Å². The molecule has 0 saturated heterocycles. The highest BCUT2D eigenvalue weighted by Gasteiger charge is 2.28. The number of ketones is 1. The molecule has 2 heterocycles. The van der Waals surface area contributed by atoms with Crippen molar-refractivity contribution in [2.75, 3.05) is 12.4 Å². The maximum Gasteiger partial charge on any atom is 0.316 e. The molecule has 0 unspecified atom stereocenters. The van der Waals surface area contributed by atoms with Crippen LogP contribution < -0.4 is 0 Å². The van der Waals surface area contributed by atoms with Crippen LogP contribution in [-0.4, -0.2) is 43.7 Å². The van der Waals surface area contributed by atoms with E-state index in [4.69, 9.17) is 16.3 Å². The second kappa shape index (κ2) is 7.89. The van der Waals surface area contributed by atoms with Gasteiger partial charge in [0.05, 0.1) is 23.6 Å². The van der Waals surface area contributed by atoms with E-state index in [0.717, 1.165) is 11.3 Å². The molecule has 0 N–H and O–H groups in total. The Morgan fingerprint density at radius 1 is 1.29 bits per heavy atom. The molecule has 1 aliphatic rings. The van der Waals surface area contributed by atoms with Crippen LogP contribution in [0, 0.1) is 0 Å². The summed E-state index contributed by atoms with van der Waals surface area (Å²) in [7, 11) is 0. The number of thioether (sulfide) groups is 1. The molecule has 0 spiro atoms. The van der Waals surface area contributed by atoms with Gasteiger partial charge in [-0.1, -0.05) is 35.5 Å². The summed E-state index contributed by atoms with van der Waals surface area (Å²) < 4.78 is 6.40. The van der Waals surface area contributed by atoms with Gasteiger partial charge in [-0.15, -0.1) is 5.10 Å². The van der Waals surface area contributed by atoms with Gasteiger partial charge in [-0.2, -0.15) is 4.98 Å². The van der Waals surface area contributed by atoms with Crippen LogP contribution in [0.2, 0.25) is 5.02 Å². The highest BCUT2D eigenvalue weighted by molar-refractivity contribution is 7.99. The molecule has 1 aromatic carbocycles. The zero-order chi connectivity index (χ0) is 19.7. The van der Waals surface area contributed by atoms with Gasteiger partial charge in [-0.05, 0) is 37.0 Å². The average molecular weight is 417 g/mol. The number of benzene rings is 1. The number of carbonyl (C=O) groups excluding carboxylic acids is 2. The van der Waals surface area contributed by atoms with E-state index < -0.39 is 0 Å². The summed E-state index contributed by atoms with van der Waals surface area (Å²) in [5.74, 6) is 0.316. The molecule has 144 valence electrons. The number of esters is 1. The van der Waals surface area contributed by atoms with Crippen molar-refractivity contribution in [1.82, 2.24) is 19.6 Å². The van der Waals surface area contributed by atoms with Crippen LogP contribution in [0.15, 0.2) is 35.6 Å². The highest BCUT2D eigenvalue weighted by atomic mass is 35.5. The van der Waals surface area contributed by atoms with Gasteiger partial charge < -0.3 is 4.74 Å². The molecule has 2 aromatic heterocycles. The monoisotopic (exact) mass is 416 g/mol. The highest BCUT2D eigenvalue weighted by Crippen LogP contribution is 2.32. The number of carbonyl (C=O) groups is 2. The predicted molar refractivity (Wildman–Crippen MR) is 105 cm³/mol. The van der Waals surface area contributed by atoms with Crippen LogP contribution in [-0.2, 0) is 16.0 Å². The minimum atomic E-state index is -0.320. The Balaban J connectivity index is 1.58. The fourth-order valence-electron chi connectivity index (χ4n) is 3.22. The van der Waals surface area contributed by atoms with Gasteiger partial charge in [-0.25, -0.2) is 9.50 Å². The van der Waals surface area contributed by atoms with Gasteiger partial charge in [-0.3, -0.25) is 9.59 Å². The van der Waals surface area contributed by atoms with Gasteiger partial charge in [0.2, 0.25) is 5.16 Å². The van der Waals surface area contributed by atoms with Crippen molar-refractivity contribution in [3.63, 3.8) is 0 Å². The number of nitrogens with zero attached hydrogens (tertiary/aromatic N) is 4. The lowest BCUT2D eigenvalue weighted by molar-refractivity contribution is -0.139. The Morgan fingerprint density at radius 2 is 2.07 bits per heavy atom. The van der Waals surface area contributed by atoms with Crippen molar-refractivity contribution in [1.29, 1.82) is 0 Å². The Bertz CT molecular complexity index is 1050. The molecular formula is C19H17ClN4O3S. The number of Topliss-reactive ketones (excluding diaryl/α,β-unsaturated/α-hetero) is 1. The average Bonchev–Trinajstić information content (AvgIpc) is 3.07. The van der Waals surface area contributed by atoms with Crippen molar-refractivity contribution >= 4 is 40.9 Å². The van der Waals surface area contributed by atoms with Gasteiger partial charge in [0.15, 0.2) is 5.78 Å². The number of ether oxygens (including phenoxy) is 1. The third kappa shape index (κ3) is 3.88. The Kier molecular flexibility index (Phi) is 5.32. The van der Waals surface area contributed by atoms with E-state index in [1.165, 1.54) is 16.3 Å². The Labute approximate surface area is 170 Å². The van der Waals surface area contributed by atoms with Crippen molar-refractivity contribution in [2.24, 2.45) is 0 Å². The molecule has 1 aliphatic carbocycles. The Hall–Kier alpha value is -2.45. The molecule has 4 rings (SSSR count). The maximum atomic E-state index is 12.7. The topological polar surface area (TPSA) is 86.4 Å². The zero-order valence-electron chi connectivity index (χ0n) is 15.1. The van der Waals surface area contributed by atoms with E-state index in [0.29, 0.717) is 41.0 Å². The second-order valence-electron chi connectivity index (χ2n) is 6.41. The molecule has 9 heteroatoms. The third-order valence-corrected chi connectivity index (χ3v) is 5.59. The lowest BCUT2D eigenvalue weighted by Gasteiger charge is -2.23. The van der Waals surface area contributed by atoms with Gasteiger partial charge in [0, 0.05) is 17.6 Å². The van der Waals surface area contributed by atoms with Gasteiger partial charge in [0.25, 0.3) is 5.78 Å². The van der Waals surface area contributed by atoms with E-state index in [1.54, 1.807) is 13.1 Å². The first kappa shape index (κ1) is 18.9. The second-order valence-corrected chi connectivity index (χ2v) is 7.79. The van der Waals surface area contributed by atoms with Gasteiger partial charge in [0.1, 0.15) is 0 Å². The van der Waals surface area contributed by atoms with Crippen molar-refractivity contribution in [3.05, 3.63) is 52.3 Å². The van der Waals surface area contributed by atoms with E-state index in [2.05, 4.69) is 15.1 Å². The first-order valence-electron chi connectivity index (χ1n) is 8.87. The standard InChI is InChI=1S/C19H17ClN4O3S/c1-2-27-17(26)10-28-19-22-18-21-15-7-12(11-3-5-13(20)6-4-11)8-16(25)14(15)9-24(18)23-19/h3-6,9,12H,2,7-8,10H2,1H3/t12-/m1/s1. The minimum Gasteiger partial charge on any atom is -0.465 e.